The second-order valence-corrected chi connectivity index (χ2v) is 6.39. The highest BCUT2D eigenvalue weighted by atomic mass is 79.9. The first-order chi connectivity index (χ1) is 11.4. The van der Waals surface area contributed by atoms with Crippen LogP contribution in [0.3, 0.4) is 0 Å². The Morgan fingerprint density at radius 3 is 2.21 bits per heavy atom. The van der Waals surface area contributed by atoms with Crippen LogP contribution >= 0.6 is 15.9 Å². The average molecular weight is 388 g/mol. The molecule has 1 heterocycles. The number of carbonyl (C=O) groups excluding carboxylic acids is 3. The summed E-state index contributed by atoms with van der Waals surface area (Å²) in [6.45, 7) is 3.35. The number of hydrogen-bond acceptors (Lipinski definition) is 4. The summed E-state index contributed by atoms with van der Waals surface area (Å²) < 4.78 is 6.21. The van der Waals surface area contributed by atoms with Crippen molar-refractivity contribution in [2.24, 2.45) is 0 Å². The first kappa shape index (κ1) is 16.4. The first-order valence-electron chi connectivity index (χ1n) is 7.35. The number of ether oxygens (including phenoxy) is 1. The lowest BCUT2D eigenvalue weighted by Gasteiger charge is -2.20. The molecule has 1 aliphatic rings. The van der Waals surface area contributed by atoms with E-state index in [1.54, 1.807) is 42.5 Å². The second kappa shape index (κ2) is 6.20. The number of rotatable bonds is 3. The lowest BCUT2D eigenvalue weighted by molar-refractivity contribution is -0.138. The van der Waals surface area contributed by atoms with Gasteiger partial charge in [0.15, 0.2) is 0 Å². The number of amides is 2. The van der Waals surface area contributed by atoms with E-state index < -0.39 is 23.8 Å². The highest BCUT2D eigenvalue weighted by Gasteiger charge is 2.41. The Hall–Kier alpha value is -2.47. The molecular formula is C18H14BrNO4. The monoisotopic (exact) mass is 387 g/mol. The Bertz CT molecular complexity index is 827. The fourth-order valence-electron chi connectivity index (χ4n) is 2.55. The number of nitrogens with zero attached hydrogens (tertiary/aromatic N) is 1. The molecule has 3 rings (SSSR count). The largest absolute Gasteiger partial charge is 0.425 e. The summed E-state index contributed by atoms with van der Waals surface area (Å²) >= 11 is 3.37. The summed E-state index contributed by atoms with van der Waals surface area (Å²) in [6, 6.07) is 10.6. The van der Waals surface area contributed by atoms with Gasteiger partial charge in [-0.3, -0.25) is 14.5 Å². The normalized spacial score (nSPS) is 14.5. The molecule has 0 radical (unpaired) electrons. The highest BCUT2D eigenvalue weighted by Crippen LogP contribution is 2.26. The molecule has 1 aliphatic heterocycles. The van der Waals surface area contributed by atoms with Crippen molar-refractivity contribution >= 4 is 33.7 Å². The zero-order chi connectivity index (χ0) is 17.4. The molecular weight excluding hydrogens is 374 g/mol. The third kappa shape index (κ3) is 2.73. The third-order valence-electron chi connectivity index (χ3n) is 3.90. The van der Waals surface area contributed by atoms with Crippen LogP contribution in [-0.4, -0.2) is 28.7 Å². The Labute approximate surface area is 147 Å². The van der Waals surface area contributed by atoms with Crippen LogP contribution < -0.4 is 4.74 Å². The number of carbonyl (C=O) groups is 3. The fraction of sp³-hybridized carbons (Fsp3) is 0.167. The minimum atomic E-state index is -1.01. The van der Waals surface area contributed by atoms with Crippen molar-refractivity contribution in [2.75, 3.05) is 0 Å². The van der Waals surface area contributed by atoms with Crippen LogP contribution in [-0.2, 0) is 4.79 Å². The van der Waals surface area contributed by atoms with E-state index in [9.17, 15) is 14.4 Å². The molecule has 0 aliphatic carbocycles. The predicted octanol–water partition coefficient (Wildman–Crippen LogP) is 3.35. The van der Waals surface area contributed by atoms with Gasteiger partial charge in [0, 0.05) is 4.47 Å². The van der Waals surface area contributed by atoms with E-state index in [0.29, 0.717) is 16.9 Å². The van der Waals surface area contributed by atoms with Gasteiger partial charge in [0.2, 0.25) is 0 Å². The zero-order valence-electron chi connectivity index (χ0n) is 13.1. The molecule has 0 saturated carbocycles. The summed E-state index contributed by atoms with van der Waals surface area (Å²) in [5, 5.41) is 0. The summed E-state index contributed by atoms with van der Waals surface area (Å²) in [7, 11) is 0. The summed E-state index contributed by atoms with van der Waals surface area (Å²) in [5.41, 5.74) is 1.52. The van der Waals surface area contributed by atoms with Crippen LogP contribution in [0.1, 0.15) is 33.2 Å². The van der Waals surface area contributed by atoms with E-state index in [0.717, 1.165) is 14.9 Å². The Balaban J connectivity index is 1.80. The number of hydrogen-bond donors (Lipinski definition) is 0. The number of benzene rings is 2. The van der Waals surface area contributed by atoms with Gasteiger partial charge in [0.05, 0.1) is 11.1 Å². The lowest BCUT2D eigenvalue weighted by atomic mass is 10.1. The van der Waals surface area contributed by atoms with E-state index in [4.69, 9.17) is 4.74 Å². The van der Waals surface area contributed by atoms with Gasteiger partial charge >= 0.3 is 5.97 Å². The molecule has 1 atom stereocenters. The van der Waals surface area contributed by atoms with Crippen LogP contribution in [0, 0.1) is 6.92 Å². The maximum absolute atomic E-state index is 12.4. The van der Waals surface area contributed by atoms with Gasteiger partial charge in [-0.05, 0) is 49.7 Å². The van der Waals surface area contributed by atoms with Crippen LogP contribution in [0.25, 0.3) is 0 Å². The van der Waals surface area contributed by atoms with Crippen LogP contribution in [0.5, 0.6) is 5.75 Å². The molecule has 0 spiro atoms. The van der Waals surface area contributed by atoms with Gasteiger partial charge in [0.25, 0.3) is 11.8 Å². The molecule has 1 unspecified atom stereocenters. The molecule has 2 aromatic carbocycles. The SMILES string of the molecule is Cc1cc(OC(=O)C(C)N2C(=O)c3ccccc3C2=O)ccc1Br. The molecule has 0 N–H and O–H groups in total. The van der Waals surface area contributed by atoms with E-state index >= 15 is 0 Å². The minimum absolute atomic E-state index is 0.307. The Morgan fingerprint density at radius 1 is 1.08 bits per heavy atom. The topological polar surface area (TPSA) is 63.7 Å². The number of fused-ring (bicyclic) bond motifs is 1. The van der Waals surface area contributed by atoms with E-state index in [2.05, 4.69) is 15.9 Å². The van der Waals surface area contributed by atoms with Crippen LogP contribution in [0.2, 0.25) is 0 Å². The summed E-state index contributed by atoms with van der Waals surface area (Å²) in [6.07, 6.45) is 0. The number of halogens is 1. The predicted molar refractivity (Wildman–Crippen MR) is 90.9 cm³/mol. The molecule has 0 aromatic heterocycles. The van der Waals surface area contributed by atoms with E-state index in [1.807, 2.05) is 6.92 Å². The Kier molecular flexibility index (Phi) is 4.24. The molecule has 2 amide bonds. The Morgan fingerprint density at radius 2 is 1.67 bits per heavy atom. The van der Waals surface area contributed by atoms with Crippen molar-refractivity contribution in [2.45, 2.75) is 19.9 Å². The first-order valence-corrected chi connectivity index (χ1v) is 8.14. The maximum Gasteiger partial charge on any atom is 0.334 e. The van der Waals surface area contributed by atoms with Crippen molar-refractivity contribution < 1.29 is 19.1 Å². The maximum atomic E-state index is 12.4. The highest BCUT2D eigenvalue weighted by molar-refractivity contribution is 9.10. The van der Waals surface area contributed by atoms with Crippen molar-refractivity contribution in [3.05, 3.63) is 63.6 Å². The molecule has 0 bridgehead atoms. The smallest absolute Gasteiger partial charge is 0.334 e. The van der Waals surface area contributed by atoms with E-state index in [1.165, 1.54) is 6.92 Å². The molecule has 122 valence electrons. The van der Waals surface area contributed by atoms with Gasteiger partial charge in [-0.2, -0.15) is 0 Å². The summed E-state index contributed by atoms with van der Waals surface area (Å²) in [4.78, 5) is 38.1. The lowest BCUT2D eigenvalue weighted by Crippen LogP contribution is -2.44. The minimum Gasteiger partial charge on any atom is -0.425 e. The second-order valence-electron chi connectivity index (χ2n) is 5.53. The number of esters is 1. The fourth-order valence-corrected chi connectivity index (χ4v) is 2.79. The van der Waals surface area contributed by atoms with Gasteiger partial charge in [0.1, 0.15) is 11.8 Å². The molecule has 0 saturated heterocycles. The van der Waals surface area contributed by atoms with Crippen LogP contribution in [0.15, 0.2) is 46.9 Å². The molecule has 6 heteroatoms. The van der Waals surface area contributed by atoms with Crippen molar-refractivity contribution in [3.8, 4) is 5.75 Å². The van der Waals surface area contributed by atoms with Crippen LogP contribution in [0.4, 0.5) is 0 Å². The molecule has 2 aromatic rings. The third-order valence-corrected chi connectivity index (χ3v) is 4.79. The van der Waals surface area contributed by atoms with Crippen molar-refractivity contribution in [1.29, 1.82) is 0 Å². The van der Waals surface area contributed by atoms with Crippen molar-refractivity contribution in [3.63, 3.8) is 0 Å². The van der Waals surface area contributed by atoms with Gasteiger partial charge in [-0.1, -0.05) is 28.1 Å². The van der Waals surface area contributed by atoms with Gasteiger partial charge in [-0.15, -0.1) is 0 Å². The van der Waals surface area contributed by atoms with Crippen molar-refractivity contribution in [1.82, 2.24) is 4.90 Å². The number of aryl methyl sites for hydroxylation is 1. The van der Waals surface area contributed by atoms with E-state index in [-0.39, 0.29) is 0 Å². The van der Waals surface area contributed by atoms with Gasteiger partial charge < -0.3 is 4.74 Å². The molecule has 0 fully saturated rings. The summed E-state index contributed by atoms with van der Waals surface area (Å²) in [5.74, 6) is -1.26. The quantitative estimate of drug-likeness (QED) is 0.460. The number of imide groups is 1. The standard InChI is InChI=1S/C18H14BrNO4/c1-10-9-12(7-8-15(10)19)24-18(23)11(2)20-16(21)13-5-3-4-6-14(13)17(20)22/h3-9,11H,1-2H3. The zero-order valence-corrected chi connectivity index (χ0v) is 14.7. The average Bonchev–Trinajstić information content (AvgIpc) is 2.82. The molecule has 5 nitrogen and oxygen atoms in total. The molecule has 24 heavy (non-hydrogen) atoms. The van der Waals surface area contributed by atoms with Gasteiger partial charge in [-0.25, -0.2) is 4.79 Å².